The second-order valence-electron chi connectivity index (χ2n) is 13.3. The average molecular weight is 642 g/mol. The molecule has 0 aromatic carbocycles. The van der Waals surface area contributed by atoms with Crippen LogP contribution in [0.1, 0.15) is 201 Å². The summed E-state index contributed by atoms with van der Waals surface area (Å²) in [5, 5.41) is 3.31. The summed E-state index contributed by atoms with van der Waals surface area (Å²) < 4.78 is 5.99. The highest BCUT2D eigenvalue weighted by molar-refractivity contribution is 5.69. The molecule has 0 fully saturated rings. The molecular formula is C43H79NO2. The first-order chi connectivity index (χ1) is 22.7. The standard InChI is InChI=1S/C43H79NO2/c1-4-7-9-11-13-15-17-19-21-23-25-27-29-31-33-35-38-42(46-43(45)40-37-41-44-6-3)39-36-34-32-30-28-26-24-22-20-18-16-14-12-10-8-5-2/h13-16,19-22,42,44H,4-12,17-18,23-41H2,1-3H3. The van der Waals surface area contributed by atoms with Gasteiger partial charge in [-0.1, -0.05) is 146 Å². The molecule has 0 aromatic rings. The Hall–Kier alpha value is -1.61. The normalized spacial score (nSPS) is 12.8. The highest BCUT2D eigenvalue weighted by Crippen LogP contribution is 2.18. The molecule has 3 heteroatoms. The van der Waals surface area contributed by atoms with Crippen molar-refractivity contribution in [3.63, 3.8) is 0 Å². The third-order valence-electron chi connectivity index (χ3n) is 8.74. The Morgan fingerprint density at radius 2 is 0.891 bits per heavy atom. The topological polar surface area (TPSA) is 38.3 Å². The molecule has 0 amide bonds. The number of ether oxygens (including phenoxy) is 1. The lowest BCUT2D eigenvalue weighted by molar-refractivity contribution is -0.150. The SMILES string of the molecule is CCCCCC=CCC=CCCCCCCCCC(CCCCCCCCC=CCC=CCCCCC)OC(=O)CCCNCC. The number of carbonyl (C=O) groups is 1. The number of nitrogens with one attached hydrogen (secondary N) is 1. The summed E-state index contributed by atoms with van der Waals surface area (Å²) in [5.74, 6) is 0.00276. The highest BCUT2D eigenvalue weighted by Gasteiger charge is 2.14. The zero-order chi connectivity index (χ0) is 33.4. The lowest BCUT2D eigenvalue weighted by Gasteiger charge is -2.18. The van der Waals surface area contributed by atoms with E-state index in [0.29, 0.717) is 6.42 Å². The van der Waals surface area contributed by atoms with Crippen molar-refractivity contribution in [1.82, 2.24) is 5.32 Å². The molecule has 0 atom stereocenters. The Kier molecular flexibility index (Phi) is 38.2. The van der Waals surface area contributed by atoms with Crippen LogP contribution in [-0.2, 0) is 9.53 Å². The molecule has 0 unspecified atom stereocenters. The van der Waals surface area contributed by atoms with Crippen LogP contribution in [0.25, 0.3) is 0 Å². The summed E-state index contributed by atoms with van der Waals surface area (Å²) >= 11 is 0. The van der Waals surface area contributed by atoms with Crippen LogP contribution in [-0.4, -0.2) is 25.2 Å². The van der Waals surface area contributed by atoms with Crippen molar-refractivity contribution < 1.29 is 9.53 Å². The largest absolute Gasteiger partial charge is 0.462 e. The van der Waals surface area contributed by atoms with E-state index in [4.69, 9.17) is 4.74 Å². The maximum Gasteiger partial charge on any atom is 0.306 e. The van der Waals surface area contributed by atoms with E-state index in [0.717, 1.165) is 45.2 Å². The van der Waals surface area contributed by atoms with E-state index in [1.165, 1.54) is 141 Å². The van der Waals surface area contributed by atoms with Gasteiger partial charge in [0.15, 0.2) is 0 Å². The maximum absolute atomic E-state index is 12.5. The molecule has 0 rings (SSSR count). The molecule has 0 aromatic heterocycles. The first-order valence-corrected chi connectivity index (χ1v) is 20.2. The molecule has 0 bridgehead atoms. The summed E-state index contributed by atoms with van der Waals surface area (Å²) in [6.45, 7) is 8.48. The fraction of sp³-hybridized carbons (Fsp3) is 0.791. The van der Waals surface area contributed by atoms with Gasteiger partial charge < -0.3 is 10.1 Å². The molecule has 0 aliphatic rings. The maximum atomic E-state index is 12.5. The van der Waals surface area contributed by atoms with Gasteiger partial charge in [-0.2, -0.15) is 0 Å². The van der Waals surface area contributed by atoms with Crippen molar-refractivity contribution in [2.75, 3.05) is 13.1 Å². The number of hydrogen-bond donors (Lipinski definition) is 1. The van der Waals surface area contributed by atoms with Crippen molar-refractivity contribution >= 4 is 5.97 Å². The Balaban J connectivity index is 4.00. The smallest absolute Gasteiger partial charge is 0.306 e. The van der Waals surface area contributed by atoms with Gasteiger partial charge in [0, 0.05) is 6.42 Å². The van der Waals surface area contributed by atoms with Gasteiger partial charge in [0.1, 0.15) is 6.10 Å². The zero-order valence-electron chi connectivity index (χ0n) is 31.2. The van der Waals surface area contributed by atoms with Crippen LogP contribution in [0.15, 0.2) is 48.6 Å². The first kappa shape index (κ1) is 44.4. The summed E-state index contributed by atoms with van der Waals surface area (Å²) in [6.07, 6.45) is 52.7. The van der Waals surface area contributed by atoms with Gasteiger partial charge in [0.25, 0.3) is 0 Å². The fourth-order valence-corrected chi connectivity index (χ4v) is 5.76. The molecule has 0 aliphatic heterocycles. The van der Waals surface area contributed by atoms with E-state index in [2.05, 4.69) is 74.7 Å². The number of rotatable bonds is 36. The van der Waals surface area contributed by atoms with Crippen LogP contribution in [0, 0.1) is 0 Å². The van der Waals surface area contributed by atoms with Gasteiger partial charge in [-0.3, -0.25) is 4.79 Å². The monoisotopic (exact) mass is 642 g/mol. The number of allylic oxidation sites excluding steroid dienone is 8. The van der Waals surface area contributed by atoms with E-state index in [-0.39, 0.29) is 12.1 Å². The molecule has 268 valence electrons. The Bertz CT molecular complexity index is 674. The number of unbranched alkanes of at least 4 members (excludes halogenated alkanes) is 18. The van der Waals surface area contributed by atoms with Crippen LogP contribution < -0.4 is 5.32 Å². The highest BCUT2D eigenvalue weighted by atomic mass is 16.5. The van der Waals surface area contributed by atoms with Gasteiger partial charge in [-0.05, 0) is 109 Å². The van der Waals surface area contributed by atoms with Crippen LogP contribution in [0.2, 0.25) is 0 Å². The second kappa shape index (κ2) is 39.6. The van der Waals surface area contributed by atoms with Gasteiger partial charge in [0.05, 0.1) is 0 Å². The third-order valence-corrected chi connectivity index (χ3v) is 8.74. The second-order valence-corrected chi connectivity index (χ2v) is 13.3. The van der Waals surface area contributed by atoms with E-state index in [1.807, 2.05) is 0 Å². The molecule has 0 heterocycles. The molecule has 46 heavy (non-hydrogen) atoms. The molecule has 0 radical (unpaired) electrons. The lowest BCUT2D eigenvalue weighted by Crippen LogP contribution is -2.20. The minimum Gasteiger partial charge on any atom is -0.462 e. The average Bonchev–Trinajstić information content (AvgIpc) is 3.06. The predicted molar refractivity (Wildman–Crippen MR) is 206 cm³/mol. The summed E-state index contributed by atoms with van der Waals surface area (Å²) in [6, 6.07) is 0. The minimum atomic E-state index is 0.00276. The summed E-state index contributed by atoms with van der Waals surface area (Å²) in [5.41, 5.74) is 0. The Morgan fingerprint density at radius 3 is 1.30 bits per heavy atom. The molecule has 1 N–H and O–H groups in total. The molecule has 0 saturated carbocycles. The van der Waals surface area contributed by atoms with Crippen LogP contribution in [0.3, 0.4) is 0 Å². The van der Waals surface area contributed by atoms with Crippen molar-refractivity contribution in [2.24, 2.45) is 0 Å². The predicted octanol–water partition coefficient (Wildman–Crippen LogP) is 13.7. The fourth-order valence-electron chi connectivity index (χ4n) is 5.76. The first-order valence-electron chi connectivity index (χ1n) is 20.2. The van der Waals surface area contributed by atoms with E-state index in [1.54, 1.807) is 0 Å². The zero-order valence-corrected chi connectivity index (χ0v) is 31.2. The number of esters is 1. The molecule has 0 spiro atoms. The van der Waals surface area contributed by atoms with Gasteiger partial charge in [0.2, 0.25) is 0 Å². The third kappa shape index (κ3) is 36.9. The van der Waals surface area contributed by atoms with E-state index < -0.39 is 0 Å². The van der Waals surface area contributed by atoms with E-state index >= 15 is 0 Å². The summed E-state index contributed by atoms with van der Waals surface area (Å²) in [7, 11) is 0. The number of hydrogen-bond acceptors (Lipinski definition) is 3. The van der Waals surface area contributed by atoms with Gasteiger partial charge in [-0.25, -0.2) is 0 Å². The quantitative estimate of drug-likeness (QED) is 0.0420. The number of carbonyl (C=O) groups excluding carboxylic acids is 1. The van der Waals surface area contributed by atoms with E-state index in [9.17, 15) is 4.79 Å². The van der Waals surface area contributed by atoms with Crippen molar-refractivity contribution in [3.05, 3.63) is 48.6 Å². The van der Waals surface area contributed by atoms with Crippen LogP contribution in [0.5, 0.6) is 0 Å². The van der Waals surface area contributed by atoms with Crippen LogP contribution in [0.4, 0.5) is 0 Å². The Labute approximate surface area is 288 Å². The lowest BCUT2D eigenvalue weighted by atomic mass is 10.0. The molecule has 3 nitrogen and oxygen atoms in total. The van der Waals surface area contributed by atoms with Crippen molar-refractivity contribution in [1.29, 1.82) is 0 Å². The van der Waals surface area contributed by atoms with Crippen molar-refractivity contribution in [3.8, 4) is 0 Å². The van der Waals surface area contributed by atoms with Gasteiger partial charge >= 0.3 is 5.97 Å². The van der Waals surface area contributed by atoms with Gasteiger partial charge in [-0.15, -0.1) is 0 Å². The minimum absolute atomic E-state index is 0.00276. The molecule has 0 aliphatic carbocycles. The van der Waals surface area contributed by atoms with Crippen LogP contribution >= 0.6 is 0 Å². The molecular weight excluding hydrogens is 562 g/mol. The van der Waals surface area contributed by atoms with Crippen molar-refractivity contribution in [2.45, 2.75) is 207 Å². The molecule has 0 saturated heterocycles. The summed E-state index contributed by atoms with van der Waals surface area (Å²) in [4.78, 5) is 12.5. The Morgan fingerprint density at radius 1 is 0.500 bits per heavy atom.